The number of furan rings is 1. The molecule has 128 valence electrons. The van der Waals surface area contributed by atoms with E-state index >= 15 is 0 Å². The van der Waals surface area contributed by atoms with E-state index in [9.17, 15) is 9.59 Å². The molecule has 3 rings (SSSR count). The molecular weight excluding hydrogens is 308 g/mol. The Morgan fingerprint density at radius 1 is 1.38 bits per heavy atom. The lowest BCUT2D eigenvalue weighted by molar-refractivity contribution is 0.0604. The first-order chi connectivity index (χ1) is 11.4. The van der Waals surface area contributed by atoms with Gasteiger partial charge in [-0.2, -0.15) is 0 Å². The van der Waals surface area contributed by atoms with Crippen LogP contribution in [0.25, 0.3) is 0 Å². The number of aryl methyl sites for hydroxylation is 1. The Hall–Kier alpha value is -2.57. The predicted octanol–water partition coefficient (Wildman–Crippen LogP) is 2.14. The Labute approximate surface area is 140 Å². The van der Waals surface area contributed by atoms with Crippen LogP contribution in [-0.2, 0) is 6.54 Å². The average molecular weight is 330 g/mol. The number of nitrogens with one attached hydrogen (secondary N) is 1. The third-order valence-electron chi connectivity index (χ3n) is 4.20. The summed E-state index contributed by atoms with van der Waals surface area (Å²) in [6.07, 6.45) is 3.27. The number of fused-ring (bicyclic) bond motifs is 1. The van der Waals surface area contributed by atoms with Gasteiger partial charge < -0.3 is 19.2 Å². The van der Waals surface area contributed by atoms with Crippen molar-refractivity contribution < 1.29 is 14.0 Å². The number of rotatable bonds is 3. The molecule has 7 heteroatoms. The fourth-order valence-electron chi connectivity index (χ4n) is 2.94. The monoisotopic (exact) mass is 330 g/mol. The van der Waals surface area contributed by atoms with Crippen LogP contribution < -0.4 is 5.32 Å². The van der Waals surface area contributed by atoms with Crippen molar-refractivity contribution in [2.75, 3.05) is 6.54 Å². The van der Waals surface area contributed by atoms with Gasteiger partial charge in [-0.05, 0) is 33.8 Å². The van der Waals surface area contributed by atoms with Gasteiger partial charge in [0.25, 0.3) is 11.8 Å². The van der Waals surface area contributed by atoms with Gasteiger partial charge in [0.15, 0.2) is 5.76 Å². The van der Waals surface area contributed by atoms with E-state index in [4.69, 9.17) is 4.42 Å². The smallest absolute Gasteiger partial charge is 0.290 e. The third kappa shape index (κ3) is 2.81. The molecule has 24 heavy (non-hydrogen) atoms. The molecule has 0 saturated heterocycles. The SMILES string of the molecule is Cc1ccoc1C(=O)N1CCn2cc(C(=O)NC(C)C)nc2[C@H]1C. The lowest BCUT2D eigenvalue weighted by Gasteiger charge is -2.33. The number of aromatic nitrogens is 2. The molecule has 0 spiro atoms. The third-order valence-corrected chi connectivity index (χ3v) is 4.20. The Balaban J connectivity index is 1.84. The molecule has 0 aromatic carbocycles. The number of nitrogens with zero attached hydrogens (tertiary/aromatic N) is 3. The van der Waals surface area contributed by atoms with Gasteiger partial charge in [-0.1, -0.05) is 0 Å². The van der Waals surface area contributed by atoms with Crippen LogP contribution in [0.5, 0.6) is 0 Å². The zero-order chi connectivity index (χ0) is 17.4. The standard InChI is InChI=1S/C17H22N4O3/c1-10(2)18-16(22)13-9-20-6-7-21(12(4)15(20)19-13)17(23)14-11(3)5-8-24-14/h5,8-10,12H,6-7H2,1-4H3,(H,18,22)/t12-/m1/s1. The van der Waals surface area contributed by atoms with Gasteiger partial charge in [-0.15, -0.1) is 0 Å². The first-order valence-corrected chi connectivity index (χ1v) is 8.11. The van der Waals surface area contributed by atoms with Gasteiger partial charge >= 0.3 is 0 Å². The molecule has 1 aliphatic heterocycles. The summed E-state index contributed by atoms with van der Waals surface area (Å²) in [6, 6.07) is 1.60. The minimum Gasteiger partial charge on any atom is -0.459 e. The molecule has 1 atom stereocenters. The molecule has 0 aliphatic carbocycles. The first-order valence-electron chi connectivity index (χ1n) is 8.11. The lowest BCUT2D eigenvalue weighted by Crippen LogP contribution is -2.41. The summed E-state index contributed by atoms with van der Waals surface area (Å²) in [7, 11) is 0. The van der Waals surface area contributed by atoms with Crippen molar-refractivity contribution in [2.24, 2.45) is 0 Å². The van der Waals surface area contributed by atoms with E-state index in [0.29, 0.717) is 30.4 Å². The Morgan fingerprint density at radius 2 is 2.12 bits per heavy atom. The van der Waals surface area contributed by atoms with Crippen LogP contribution in [0, 0.1) is 6.92 Å². The van der Waals surface area contributed by atoms with E-state index < -0.39 is 0 Å². The highest BCUT2D eigenvalue weighted by Crippen LogP contribution is 2.27. The van der Waals surface area contributed by atoms with Gasteiger partial charge in [0.2, 0.25) is 0 Å². The Morgan fingerprint density at radius 3 is 2.75 bits per heavy atom. The number of imidazole rings is 1. The molecule has 0 unspecified atom stereocenters. The second kappa shape index (κ2) is 6.14. The molecule has 2 aromatic rings. The van der Waals surface area contributed by atoms with E-state index in [1.807, 2.05) is 32.3 Å². The fraction of sp³-hybridized carbons (Fsp3) is 0.471. The van der Waals surface area contributed by atoms with Crippen LogP contribution in [-0.4, -0.2) is 38.9 Å². The fourth-order valence-corrected chi connectivity index (χ4v) is 2.94. The predicted molar refractivity (Wildman–Crippen MR) is 87.7 cm³/mol. The number of carbonyl (C=O) groups is 2. The molecule has 3 heterocycles. The van der Waals surface area contributed by atoms with E-state index in [-0.39, 0.29) is 23.9 Å². The maximum absolute atomic E-state index is 12.7. The summed E-state index contributed by atoms with van der Waals surface area (Å²) in [4.78, 5) is 31.0. The van der Waals surface area contributed by atoms with Crippen LogP contribution in [0.2, 0.25) is 0 Å². The normalized spacial score (nSPS) is 17.0. The minimum atomic E-state index is -0.226. The molecule has 2 amide bonds. The van der Waals surface area contributed by atoms with E-state index in [2.05, 4.69) is 10.3 Å². The minimum absolute atomic E-state index is 0.0497. The summed E-state index contributed by atoms with van der Waals surface area (Å²) < 4.78 is 7.26. The second-order valence-corrected chi connectivity index (χ2v) is 6.41. The zero-order valence-electron chi connectivity index (χ0n) is 14.4. The van der Waals surface area contributed by atoms with Crippen molar-refractivity contribution in [3.05, 3.63) is 41.4 Å². The van der Waals surface area contributed by atoms with Crippen LogP contribution in [0.3, 0.4) is 0 Å². The van der Waals surface area contributed by atoms with Crippen LogP contribution in [0.1, 0.15) is 59.2 Å². The van der Waals surface area contributed by atoms with Crippen LogP contribution in [0.4, 0.5) is 0 Å². The average Bonchev–Trinajstić information content (AvgIpc) is 3.13. The zero-order valence-corrected chi connectivity index (χ0v) is 14.4. The van der Waals surface area contributed by atoms with Gasteiger partial charge in [0.05, 0.1) is 12.3 Å². The molecular formula is C17H22N4O3. The van der Waals surface area contributed by atoms with E-state index in [1.165, 1.54) is 6.26 Å². The maximum atomic E-state index is 12.7. The van der Waals surface area contributed by atoms with E-state index in [0.717, 1.165) is 5.56 Å². The van der Waals surface area contributed by atoms with Crippen molar-refractivity contribution in [3.8, 4) is 0 Å². The lowest BCUT2D eigenvalue weighted by atomic mass is 10.1. The molecule has 2 aromatic heterocycles. The van der Waals surface area contributed by atoms with Crippen molar-refractivity contribution in [1.29, 1.82) is 0 Å². The summed E-state index contributed by atoms with van der Waals surface area (Å²) in [6.45, 7) is 8.73. The van der Waals surface area contributed by atoms with Gasteiger partial charge in [0.1, 0.15) is 11.5 Å². The number of amides is 2. The number of hydrogen-bond donors (Lipinski definition) is 1. The summed E-state index contributed by atoms with van der Waals surface area (Å²) >= 11 is 0. The van der Waals surface area contributed by atoms with E-state index in [1.54, 1.807) is 17.2 Å². The molecule has 7 nitrogen and oxygen atoms in total. The highest BCUT2D eigenvalue weighted by atomic mass is 16.3. The number of hydrogen-bond acceptors (Lipinski definition) is 4. The maximum Gasteiger partial charge on any atom is 0.290 e. The highest BCUT2D eigenvalue weighted by molar-refractivity contribution is 5.93. The van der Waals surface area contributed by atoms with Gasteiger partial charge in [0, 0.05) is 30.9 Å². The summed E-state index contributed by atoms with van der Waals surface area (Å²) in [5.41, 5.74) is 1.20. The second-order valence-electron chi connectivity index (χ2n) is 6.41. The number of carbonyl (C=O) groups excluding carboxylic acids is 2. The first kappa shape index (κ1) is 16.3. The summed E-state index contributed by atoms with van der Waals surface area (Å²) in [5, 5.41) is 2.84. The van der Waals surface area contributed by atoms with Crippen molar-refractivity contribution in [2.45, 2.75) is 46.3 Å². The van der Waals surface area contributed by atoms with Crippen molar-refractivity contribution in [1.82, 2.24) is 19.8 Å². The molecule has 0 radical (unpaired) electrons. The van der Waals surface area contributed by atoms with Crippen LogP contribution in [0.15, 0.2) is 22.9 Å². The van der Waals surface area contributed by atoms with Crippen molar-refractivity contribution >= 4 is 11.8 Å². The highest BCUT2D eigenvalue weighted by Gasteiger charge is 2.32. The molecule has 0 bridgehead atoms. The summed E-state index contributed by atoms with van der Waals surface area (Å²) in [5.74, 6) is 0.735. The molecule has 0 fully saturated rings. The van der Waals surface area contributed by atoms with Gasteiger partial charge in [-0.3, -0.25) is 9.59 Å². The van der Waals surface area contributed by atoms with Crippen molar-refractivity contribution in [3.63, 3.8) is 0 Å². The molecule has 0 saturated carbocycles. The Kier molecular flexibility index (Phi) is 4.17. The van der Waals surface area contributed by atoms with Crippen LogP contribution >= 0.6 is 0 Å². The largest absolute Gasteiger partial charge is 0.459 e. The van der Waals surface area contributed by atoms with Gasteiger partial charge in [-0.25, -0.2) is 4.98 Å². The topological polar surface area (TPSA) is 80.4 Å². The molecule has 1 N–H and O–H groups in total. The Bertz CT molecular complexity index is 775. The molecule has 1 aliphatic rings. The quantitative estimate of drug-likeness (QED) is 0.935.